The van der Waals surface area contributed by atoms with Gasteiger partial charge in [-0.15, -0.1) is 0 Å². The zero-order chi connectivity index (χ0) is 9.84. The maximum Gasteiger partial charge on any atom is 0.171 e. The van der Waals surface area contributed by atoms with E-state index in [0.717, 1.165) is 0 Å². The summed E-state index contributed by atoms with van der Waals surface area (Å²) in [5, 5.41) is 0.523. The quantitative estimate of drug-likeness (QED) is 0.443. The molecule has 0 bridgehead atoms. The number of carbonyl (C=O) groups is 2. The minimum absolute atomic E-state index is 0.167. The first-order valence-electron chi connectivity index (χ1n) is 3.57. The second-order valence-corrected chi connectivity index (χ2v) is 3.18. The lowest BCUT2D eigenvalue weighted by Crippen LogP contribution is -2.00. The van der Waals surface area contributed by atoms with Gasteiger partial charge >= 0.3 is 0 Å². The molecule has 0 saturated carbocycles. The molecule has 1 aromatic carbocycles. The summed E-state index contributed by atoms with van der Waals surface area (Å²) in [7, 11) is 0. The SMILES string of the molecule is O=CCC(=O)c1cccc(Cl)c1Cl. The number of aldehydes is 1. The first-order valence-corrected chi connectivity index (χ1v) is 4.33. The van der Waals surface area contributed by atoms with Gasteiger partial charge in [-0.05, 0) is 12.1 Å². The van der Waals surface area contributed by atoms with Crippen LogP contribution in [0, 0.1) is 0 Å². The Hall–Kier alpha value is -0.860. The van der Waals surface area contributed by atoms with Crippen LogP contribution in [0.25, 0.3) is 0 Å². The third-order valence-corrected chi connectivity index (χ3v) is 2.34. The van der Waals surface area contributed by atoms with E-state index in [9.17, 15) is 9.59 Å². The van der Waals surface area contributed by atoms with Crippen LogP contribution in [-0.4, -0.2) is 12.1 Å². The fraction of sp³-hybridized carbons (Fsp3) is 0.111. The third-order valence-electron chi connectivity index (χ3n) is 1.52. The van der Waals surface area contributed by atoms with Gasteiger partial charge in [-0.1, -0.05) is 29.3 Å². The summed E-state index contributed by atoms with van der Waals surface area (Å²) in [5.74, 6) is -0.317. The van der Waals surface area contributed by atoms with Crippen LogP contribution in [0.1, 0.15) is 16.8 Å². The molecule has 1 aromatic rings. The minimum Gasteiger partial charge on any atom is -0.303 e. The number of carbonyl (C=O) groups excluding carboxylic acids is 2. The second-order valence-electron chi connectivity index (χ2n) is 2.40. The van der Waals surface area contributed by atoms with Crippen LogP contribution >= 0.6 is 23.2 Å². The van der Waals surface area contributed by atoms with Crippen molar-refractivity contribution in [2.75, 3.05) is 0 Å². The molecule has 0 aliphatic carbocycles. The molecule has 0 amide bonds. The molecule has 68 valence electrons. The monoisotopic (exact) mass is 216 g/mol. The molecule has 0 N–H and O–H groups in total. The van der Waals surface area contributed by atoms with Gasteiger partial charge in [0.15, 0.2) is 5.78 Å². The predicted molar refractivity (Wildman–Crippen MR) is 51.5 cm³/mol. The lowest BCUT2D eigenvalue weighted by Gasteiger charge is -2.01. The van der Waals surface area contributed by atoms with E-state index in [1.807, 2.05) is 0 Å². The first kappa shape index (κ1) is 10.2. The fourth-order valence-electron chi connectivity index (χ4n) is 0.905. The summed E-state index contributed by atoms with van der Waals surface area (Å²) in [5.41, 5.74) is 0.293. The minimum atomic E-state index is -0.317. The van der Waals surface area contributed by atoms with Gasteiger partial charge in [-0.25, -0.2) is 0 Å². The highest BCUT2D eigenvalue weighted by Crippen LogP contribution is 2.26. The maximum absolute atomic E-state index is 11.2. The lowest BCUT2D eigenvalue weighted by atomic mass is 10.1. The molecule has 2 nitrogen and oxygen atoms in total. The van der Waals surface area contributed by atoms with Crippen LogP contribution in [0.15, 0.2) is 18.2 Å². The number of benzene rings is 1. The summed E-state index contributed by atoms with van der Waals surface area (Å²) < 4.78 is 0. The highest BCUT2D eigenvalue weighted by molar-refractivity contribution is 6.44. The van der Waals surface area contributed by atoms with Crippen molar-refractivity contribution in [3.05, 3.63) is 33.8 Å². The zero-order valence-corrected chi connectivity index (χ0v) is 8.10. The maximum atomic E-state index is 11.2. The average Bonchev–Trinajstić information content (AvgIpc) is 2.10. The molecule has 0 unspecified atom stereocenters. The zero-order valence-electron chi connectivity index (χ0n) is 6.59. The van der Waals surface area contributed by atoms with Crippen molar-refractivity contribution in [2.24, 2.45) is 0 Å². The van der Waals surface area contributed by atoms with Crippen molar-refractivity contribution in [1.29, 1.82) is 0 Å². The van der Waals surface area contributed by atoms with E-state index in [-0.39, 0.29) is 17.2 Å². The van der Waals surface area contributed by atoms with Crippen molar-refractivity contribution in [3.63, 3.8) is 0 Å². The lowest BCUT2D eigenvalue weighted by molar-refractivity contribution is -0.107. The van der Waals surface area contributed by atoms with Crippen LogP contribution in [0.2, 0.25) is 10.0 Å². The molecule has 0 aliphatic heterocycles. The molecule has 0 aliphatic rings. The van der Waals surface area contributed by atoms with Gasteiger partial charge in [0.05, 0.1) is 16.5 Å². The topological polar surface area (TPSA) is 34.1 Å². The summed E-state index contributed by atoms with van der Waals surface area (Å²) in [4.78, 5) is 21.3. The standard InChI is InChI=1S/C9H6Cl2O2/c10-7-3-1-2-6(9(7)11)8(13)4-5-12/h1-3,5H,4H2. The number of halogens is 2. The first-order chi connectivity index (χ1) is 6.16. The molecule has 0 fully saturated rings. The van der Waals surface area contributed by atoms with Crippen LogP contribution in [0.3, 0.4) is 0 Å². The highest BCUT2D eigenvalue weighted by Gasteiger charge is 2.11. The Morgan fingerprint density at radius 3 is 2.69 bits per heavy atom. The molecule has 1 rings (SSSR count). The molecule has 13 heavy (non-hydrogen) atoms. The Kier molecular flexibility index (Phi) is 3.46. The molecule has 0 saturated heterocycles. The molecular weight excluding hydrogens is 211 g/mol. The van der Waals surface area contributed by atoms with Gasteiger partial charge < -0.3 is 4.79 Å². The smallest absolute Gasteiger partial charge is 0.171 e. The number of ketones is 1. The Balaban J connectivity index is 3.07. The van der Waals surface area contributed by atoms with E-state index in [4.69, 9.17) is 23.2 Å². The van der Waals surface area contributed by atoms with Gasteiger partial charge in [0.1, 0.15) is 6.29 Å². The molecular formula is C9H6Cl2O2. The molecule has 0 radical (unpaired) electrons. The number of Topliss-reactive ketones (excluding diaryl/α,β-unsaturated/α-hetero) is 1. The summed E-state index contributed by atoms with van der Waals surface area (Å²) in [6.45, 7) is 0. The molecule has 4 heteroatoms. The van der Waals surface area contributed by atoms with E-state index in [2.05, 4.69) is 0 Å². The Morgan fingerprint density at radius 2 is 2.08 bits per heavy atom. The van der Waals surface area contributed by atoms with E-state index < -0.39 is 0 Å². The highest BCUT2D eigenvalue weighted by atomic mass is 35.5. The largest absolute Gasteiger partial charge is 0.303 e. The van der Waals surface area contributed by atoms with Crippen LogP contribution < -0.4 is 0 Å². The van der Waals surface area contributed by atoms with E-state index in [1.54, 1.807) is 18.2 Å². The normalized spacial score (nSPS) is 9.69. The van der Waals surface area contributed by atoms with Gasteiger partial charge in [0, 0.05) is 5.56 Å². The molecule has 0 aromatic heterocycles. The van der Waals surface area contributed by atoms with E-state index >= 15 is 0 Å². The summed E-state index contributed by atoms with van der Waals surface area (Å²) in [6.07, 6.45) is 0.375. The van der Waals surface area contributed by atoms with Gasteiger partial charge in [-0.2, -0.15) is 0 Å². The number of hydrogen-bond donors (Lipinski definition) is 0. The van der Waals surface area contributed by atoms with Crippen LogP contribution in [-0.2, 0) is 4.79 Å². The average molecular weight is 217 g/mol. The fourth-order valence-corrected chi connectivity index (χ4v) is 1.31. The summed E-state index contributed by atoms with van der Waals surface area (Å²) >= 11 is 11.4. The van der Waals surface area contributed by atoms with E-state index in [1.165, 1.54) is 0 Å². The van der Waals surface area contributed by atoms with Gasteiger partial charge in [0.2, 0.25) is 0 Å². The van der Waals surface area contributed by atoms with Crippen LogP contribution in [0.4, 0.5) is 0 Å². The van der Waals surface area contributed by atoms with Crippen molar-refractivity contribution in [1.82, 2.24) is 0 Å². The molecule has 0 spiro atoms. The summed E-state index contributed by atoms with van der Waals surface area (Å²) in [6, 6.07) is 4.74. The number of rotatable bonds is 3. The van der Waals surface area contributed by atoms with Gasteiger partial charge in [-0.3, -0.25) is 4.79 Å². The van der Waals surface area contributed by atoms with Gasteiger partial charge in [0.25, 0.3) is 0 Å². The Labute approximate surface area is 85.5 Å². The second kappa shape index (κ2) is 4.40. The Bertz CT molecular complexity index is 347. The Morgan fingerprint density at radius 1 is 1.38 bits per heavy atom. The molecule has 0 heterocycles. The predicted octanol–water partition coefficient (Wildman–Crippen LogP) is 2.77. The van der Waals surface area contributed by atoms with E-state index in [0.29, 0.717) is 16.9 Å². The van der Waals surface area contributed by atoms with Crippen molar-refractivity contribution in [3.8, 4) is 0 Å². The van der Waals surface area contributed by atoms with Crippen molar-refractivity contribution >= 4 is 35.3 Å². The van der Waals surface area contributed by atoms with Crippen molar-refractivity contribution < 1.29 is 9.59 Å². The molecule has 0 atom stereocenters. The third kappa shape index (κ3) is 2.29. The number of hydrogen-bond acceptors (Lipinski definition) is 2. The van der Waals surface area contributed by atoms with Crippen molar-refractivity contribution in [2.45, 2.75) is 6.42 Å². The van der Waals surface area contributed by atoms with Crippen LogP contribution in [0.5, 0.6) is 0 Å².